The van der Waals surface area contributed by atoms with Crippen LogP contribution in [0, 0.1) is 12.7 Å². The van der Waals surface area contributed by atoms with Gasteiger partial charge < -0.3 is 14.6 Å². The molecule has 29 heavy (non-hydrogen) atoms. The van der Waals surface area contributed by atoms with Crippen LogP contribution >= 0.6 is 0 Å². The molecule has 2 aromatic heterocycles. The first-order chi connectivity index (χ1) is 14.0. The van der Waals surface area contributed by atoms with Crippen LogP contribution in [0.15, 0.2) is 53.3 Å². The highest BCUT2D eigenvalue weighted by Crippen LogP contribution is 2.17. The molecule has 2 heterocycles. The maximum absolute atomic E-state index is 13.7. The van der Waals surface area contributed by atoms with Crippen molar-refractivity contribution < 1.29 is 13.9 Å². The van der Waals surface area contributed by atoms with Gasteiger partial charge in [-0.1, -0.05) is 18.2 Å². The first-order valence-electron chi connectivity index (χ1n) is 9.07. The van der Waals surface area contributed by atoms with Crippen molar-refractivity contribution in [1.29, 1.82) is 0 Å². The maximum atomic E-state index is 13.7. The van der Waals surface area contributed by atoms with Crippen molar-refractivity contribution in [3.05, 3.63) is 76.0 Å². The van der Waals surface area contributed by atoms with Gasteiger partial charge in [0.05, 0.1) is 17.6 Å². The largest absolute Gasteiger partial charge is 0.383 e. The second-order valence-electron chi connectivity index (χ2n) is 6.68. The van der Waals surface area contributed by atoms with Crippen LogP contribution in [0.5, 0.6) is 0 Å². The number of nitrogens with zero attached hydrogens (tertiary/aromatic N) is 3. The summed E-state index contributed by atoms with van der Waals surface area (Å²) >= 11 is 0. The van der Waals surface area contributed by atoms with Gasteiger partial charge in [-0.2, -0.15) is 5.10 Å². The summed E-state index contributed by atoms with van der Waals surface area (Å²) in [6.45, 7) is 2.39. The van der Waals surface area contributed by atoms with Gasteiger partial charge in [-0.05, 0) is 36.8 Å². The summed E-state index contributed by atoms with van der Waals surface area (Å²) in [7, 11) is 1.57. The van der Waals surface area contributed by atoms with Gasteiger partial charge in [0.25, 0.3) is 11.5 Å². The monoisotopic (exact) mass is 394 g/mol. The molecule has 2 aromatic carbocycles. The lowest BCUT2D eigenvalue weighted by molar-refractivity contribution is 0.102. The lowest BCUT2D eigenvalue weighted by atomic mass is 10.2. The summed E-state index contributed by atoms with van der Waals surface area (Å²) in [5, 5.41) is 6.95. The number of carbonyl (C=O) groups is 1. The van der Waals surface area contributed by atoms with Crippen molar-refractivity contribution in [2.24, 2.45) is 0 Å². The Hall–Kier alpha value is -3.52. The minimum absolute atomic E-state index is 0.0673. The third kappa shape index (κ3) is 3.38. The number of ether oxygens (including phenoxy) is 1. The molecule has 4 aromatic rings. The van der Waals surface area contributed by atoms with Crippen molar-refractivity contribution >= 4 is 28.1 Å². The normalized spacial score (nSPS) is 11.3. The summed E-state index contributed by atoms with van der Waals surface area (Å²) in [6, 6.07) is 13.2. The average molecular weight is 394 g/mol. The number of hydrogen-bond donors (Lipinski definition) is 1. The fourth-order valence-electron chi connectivity index (χ4n) is 3.22. The Morgan fingerprint density at radius 1 is 1.14 bits per heavy atom. The van der Waals surface area contributed by atoms with E-state index >= 15 is 0 Å². The van der Waals surface area contributed by atoms with E-state index in [1.807, 2.05) is 24.3 Å². The molecule has 1 N–H and O–H groups in total. The number of para-hydroxylation sites is 2. The SMILES string of the molecule is COCCn1c(=O)c2cc(C(=O)Nc3ccc(C)c(F)c3)nn2c2ccccc21. The average Bonchev–Trinajstić information content (AvgIpc) is 3.17. The van der Waals surface area contributed by atoms with Crippen LogP contribution in [0.25, 0.3) is 16.6 Å². The molecule has 0 unspecified atom stereocenters. The highest BCUT2D eigenvalue weighted by molar-refractivity contribution is 6.03. The Kier molecular flexibility index (Phi) is 4.85. The zero-order chi connectivity index (χ0) is 20.5. The van der Waals surface area contributed by atoms with E-state index in [-0.39, 0.29) is 16.8 Å². The fourth-order valence-corrected chi connectivity index (χ4v) is 3.22. The molecule has 0 saturated heterocycles. The molecule has 0 aliphatic carbocycles. The number of carbonyl (C=O) groups excluding carboxylic acids is 1. The molecule has 1 amide bonds. The summed E-state index contributed by atoms with van der Waals surface area (Å²) in [4.78, 5) is 25.6. The molecule has 0 atom stereocenters. The number of amides is 1. The summed E-state index contributed by atoms with van der Waals surface area (Å²) in [5.41, 5.74) is 2.26. The van der Waals surface area contributed by atoms with E-state index < -0.39 is 11.7 Å². The van der Waals surface area contributed by atoms with E-state index in [1.54, 1.807) is 30.7 Å². The van der Waals surface area contributed by atoms with Crippen LogP contribution in [0.1, 0.15) is 16.1 Å². The summed E-state index contributed by atoms with van der Waals surface area (Å²) < 4.78 is 21.9. The Morgan fingerprint density at radius 3 is 2.62 bits per heavy atom. The first-order valence-corrected chi connectivity index (χ1v) is 9.07. The van der Waals surface area contributed by atoms with Gasteiger partial charge >= 0.3 is 0 Å². The lowest BCUT2D eigenvalue weighted by Crippen LogP contribution is -2.24. The third-order valence-electron chi connectivity index (χ3n) is 4.76. The number of aromatic nitrogens is 3. The topological polar surface area (TPSA) is 77.6 Å². The number of methoxy groups -OCH3 is 1. The Bertz CT molecular complexity index is 1290. The van der Waals surface area contributed by atoms with Crippen molar-refractivity contribution in [2.75, 3.05) is 19.0 Å². The van der Waals surface area contributed by atoms with Crippen molar-refractivity contribution in [3.63, 3.8) is 0 Å². The van der Waals surface area contributed by atoms with Crippen molar-refractivity contribution in [3.8, 4) is 0 Å². The van der Waals surface area contributed by atoms with E-state index in [4.69, 9.17) is 4.74 Å². The van der Waals surface area contributed by atoms with Gasteiger partial charge in [-0.15, -0.1) is 0 Å². The molecule has 0 saturated carbocycles. The second kappa shape index (κ2) is 7.48. The fraction of sp³-hybridized carbons (Fsp3) is 0.190. The predicted molar refractivity (Wildman–Crippen MR) is 108 cm³/mol. The van der Waals surface area contributed by atoms with Gasteiger partial charge in [-0.3, -0.25) is 9.59 Å². The van der Waals surface area contributed by atoms with Crippen LogP contribution in [-0.4, -0.2) is 33.8 Å². The number of aryl methyl sites for hydroxylation is 1. The quantitative estimate of drug-likeness (QED) is 0.565. The minimum Gasteiger partial charge on any atom is -0.383 e. The first kappa shape index (κ1) is 18.8. The van der Waals surface area contributed by atoms with E-state index in [1.165, 1.54) is 16.6 Å². The van der Waals surface area contributed by atoms with Crippen LogP contribution < -0.4 is 10.9 Å². The van der Waals surface area contributed by atoms with Crippen LogP contribution in [0.2, 0.25) is 0 Å². The number of benzene rings is 2. The third-order valence-corrected chi connectivity index (χ3v) is 4.76. The van der Waals surface area contributed by atoms with E-state index in [9.17, 15) is 14.0 Å². The molecule has 0 radical (unpaired) electrons. The van der Waals surface area contributed by atoms with E-state index in [0.717, 1.165) is 0 Å². The molecule has 7 nitrogen and oxygen atoms in total. The minimum atomic E-state index is -0.524. The van der Waals surface area contributed by atoms with E-state index in [0.29, 0.717) is 35.4 Å². The molecular formula is C21H19FN4O3. The zero-order valence-corrected chi connectivity index (χ0v) is 16.0. The molecule has 8 heteroatoms. The van der Waals surface area contributed by atoms with Crippen LogP contribution in [-0.2, 0) is 11.3 Å². The van der Waals surface area contributed by atoms with Crippen molar-refractivity contribution in [1.82, 2.24) is 14.2 Å². The smallest absolute Gasteiger partial charge is 0.277 e. The Morgan fingerprint density at radius 2 is 1.90 bits per heavy atom. The van der Waals surface area contributed by atoms with Gasteiger partial charge in [0.2, 0.25) is 0 Å². The van der Waals surface area contributed by atoms with Crippen molar-refractivity contribution in [2.45, 2.75) is 13.5 Å². The second-order valence-corrected chi connectivity index (χ2v) is 6.68. The lowest BCUT2D eigenvalue weighted by Gasteiger charge is -2.11. The molecular weight excluding hydrogens is 375 g/mol. The van der Waals surface area contributed by atoms with Gasteiger partial charge in [-0.25, -0.2) is 8.91 Å². The summed E-state index contributed by atoms with van der Waals surface area (Å²) in [5.74, 6) is -0.936. The molecule has 0 fully saturated rings. The van der Waals surface area contributed by atoms with Crippen LogP contribution in [0.3, 0.4) is 0 Å². The number of halogens is 1. The molecule has 0 aliphatic heterocycles. The van der Waals surface area contributed by atoms with Crippen LogP contribution in [0.4, 0.5) is 10.1 Å². The highest BCUT2D eigenvalue weighted by atomic mass is 19.1. The number of anilines is 1. The molecule has 4 rings (SSSR count). The molecule has 148 valence electrons. The molecule has 0 spiro atoms. The number of fused-ring (bicyclic) bond motifs is 3. The van der Waals surface area contributed by atoms with Gasteiger partial charge in [0.15, 0.2) is 5.69 Å². The number of nitrogens with one attached hydrogen (secondary N) is 1. The Labute approximate surface area is 165 Å². The van der Waals surface area contributed by atoms with E-state index in [2.05, 4.69) is 10.4 Å². The molecule has 0 aliphatic rings. The van der Waals surface area contributed by atoms with Gasteiger partial charge in [0.1, 0.15) is 11.3 Å². The van der Waals surface area contributed by atoms with Gasteiger partial charge in [0, 0.05) is 25.4 Å². The highest BCUT2D eigenvalue weighted by Gasteiger charge is 2.17. The predicted octanol–water partition coefficient (Wildman–Crippen LogP) is 3.00. The standard InChI is InChI=1S/C21H19FN4O3/c1-13-7-8-14(11-15(13)22)23-20(27)16-12-19-21(28)25(9-10-29-2)17-5-3-4-6-18(17)26(19)24-16/h3-8,11-12H,9-10H2,1-2H3,(H,23,27). The zero-order valence-electron chi connectivity index (χ0n) is 16.0. The Balaban J connectivity index is 1.80. The number of rotatable bonds is 5. The number of hydrogen-bond acceptors (Lipinski definition) is 4. The maximum Gasteiger partial charge on any atom is 0.277 e. The molecule has 0 bridgehead atoms. The summed E-state index contributed by atoms with van der Waals surface area (Å²) in [6.07, 6.45) is 0.